The van der Waals surface area contributed by atoms with Crippen molar-refractivity contribution in [1.29, 1.82) is 0 Å². The minimum absolute atomic E-state index is 0.117. The number of hydrogen-bond acceptors (Lipinski definition) is 2. The number of nitrogens with one attached hydrogen (secondary N) is 1. The molecule has 4 heteroatoms. The van der Waals surface area contributed by atoms with Crippen molar-refractivity contribution < 1.29 is 13.9 Å². The van der Waals surface area contributed by atoms with Crippen molar-refractivity contribution in [3.8, 4) is 5.75 Å². The van der Waals surface area contributed by atoms with Gasteiger partial charge in [0.15, 0.2) is 18.2 Å². The number of ether oxygens (including phenoxy) is 1. The fourth-order valence-corrected chi connectivity index (χ4v) is 1.19. The van der Waals surface area contributed by atoms with Crippen molar-refractivity contribution >= 4 is 5.91 Å². The van der Waals surface area contributed by atoms with Gasteiger partial charge in [-0.1, -0.05) is 19.1 Å². The first-order chi connectivity index (χ1) is 7.65. The Morgan fingerprint density at radius 3 is 2.94 bits per heavy atom. The summed E-state index contributed by atoms with van der Waals surface area (Å²) >= 11 is 0. The molecule has 0 saturated carbocycles. The molecule has 1 rings (SSSR count). The standard InChI is InChI=1S/C12H16FNO2/c1-3-7-14-11(15)8-16-10-6-4-5-9(2)12(10)13/h4-6H,3,7-8H2,1-2H3,(H,14,15). The smallest absolute Gasteiger partial charge is 0.257 e. The maximum atomic E-state index is 13.4. The van der Waals surface area contributed by atoms with E-state index >= 15 is 0 Å². The highest BCUT2D eigenvalue weighted by Crippen LogP contribution is 2.19. The van der Waals surface area contributed by atoms with Crippen molar-refractivity contribution in [2.75, 3.05) is 13.2 Å². The van der Waals surface area contributed by atoms with Crippen molar-refractivity contribution in [2.24, 2.45) is 0 Å². The lowest BCUT2D eigenvalue weighted by atomic mass is 10.2. The minimum atomic E-state index is -0.411. The second kappa shape index (κ2) is 6.10. The number of carbonyl (C=O) groups is 1. The SMILES string of the molecule is CCCNC(=O)COc1cccc(C)c1F. The molecule has 1 N–H and O–H groups in total. The third-order valence-corrected chi connectivity index (χ3v) is 2.09. The number of halogens is 1. The van der Waals surface area contributed by atoms with Gasteiger partial charge in [0.05, 0.1) is 0 Å². The molecule has 0 saturated heterocycles. The van der Waals surface area contributed by atoms with Crippen LogP contribution in [0.4, 0.5) is 4.39 Å². The lowest BCUT2D eigenvalue weighted by molar-refractivity contribution is -0.123. The number of benzene rings is 1. The van der Waals surface area contributed by atoms with E-state index in [-0.39, 0.29) is 18.3 Å². The molecule has 0 unspecified atom stereocenters. The number of aryl methyl sites for hydroxylation is 1. The highest BCUT2D eigenvalue weighted by atomic mass is 19.1. The van der Waals surface area contributed by atoms with Crippen LogP contribution in [0.5, 0.6) is 5.75 Å². The van der Waals surface area contributed by atoms with Gasteiger partial charge in [0.2, 0.25) is 0 Å². The predicted molar refractivity (Wildman–Crippen MR) is 59.9 cm³/mol. The molecule has 1 amide bonds. The molecule has 0 heterocycles. The maximum Gasteiger partial charge on any atom is 0.257 e. The van der Waals surface area contributed by atoms with E-state index in [1.807, 2.05) is 6.92 Å². The van der Waals surface area contributed by atoms with Crippen LogP contribution in [0.25, 0.3) is 0 Å². The molecular weight excluding hydrogens is 209 g/mol. The molecule has 0 aromatic heterocycles. The third-order valence-electron chi connectivity index (χ3n) is 2.09. The van der Waals surface area contributed by atoms with E-state index < -0.39 is 5.82 Å². The zero-order valence-electron chi connectivity index (χ0n) is 9.55. The highest BCUT2D eigenvalue weighted by Gasteiger charge is 2.07. The van der Waals surface area contributed by atoms with Crippen LogP contribution in [-0.4, -0.2) is 19.1 Å². The number of rotatable bonds is 5. The van der Waals surface area contributed by atoms with Crippen LogP contribution in [0, 0.1) is 12.7 Å². The van der Waals surface area contributed by atoms with E-state index in [1.165, 1.54) is 6.07 Å². The molecule has 3 nitrogen and oxygen atoms in total. The van der Waals surface area contributed by atoms with E-state index in [1.54, 1.807) is 19.1 Å². The molecule has 0 radical (unpaired) electrons. The Morgan fingerprint density at radius 2 is 2.25 bits per heavy atom. The zero-order valence-corrected chi connectivity index (χ0v) is 9.55. The van der Waals surface area contributed by atoms with Gasteiger partial charge in [0.1, 0.15) is 0 Å². The summed E-state index contributed by atoms with van der Waals surface area (Å²) in [6.07, 6.45) is 0.866. The molecule has 88 valence electrons. The van der Waals surface area contributed by atoms with Gasteiger partial charge >= 0.3 is 0 Å². The van der Waals surface area contributed by atoms with Crippen molar-refractivity contribution in [1.82, 2.24) is 5.32 Å². The fourth-order valence-electron chi connectivity index (χ4n) is 1.19. The Labute approximate surface area is 94.6 Å². The summed E-state index contributed by atoms with van der Waals surface area (Å²) in [5.74, 6) is -0.528. The molecule has 1 aromatic rings. The Kier molecular flexibility index (Phi) is 4.76. The van der Waals surface area contributed by atoms with Crippen molar-refractivity contribution in [3.63, 3.8) is 0 Å². The largest absolute Gasteiger partial charge is 0.481 e. The van der Waals surface area contributed by atoms with Crippen LogP contribution in [0.15, 0.2) is 18.2 Å². The van der Waals surface area contributed by atoms with Gasteiger partial charge in [0.25, 0.3) is 5.91 Å². The van der Waals surface area contributed by atoms with E-state index in [9.17, 15) is 9.18 Å². The summed E-state index contributed by atoms with van der Waals surface area (Å²) in [5, 5.41) is 2.65. The number of amides is 1. The highest BCUT2D eigenvalue weighted by molar-refractivity contribution is 5.77. The molecule has 0 fully saturated rings. The summed E-state index contributed by atoms with van der Waals surface area (Å²) in [6.45, 7) is 4.07. The quantitative estimate of drug-likeness (QED) is 0.832. The number of hydrogen-bond donors (Lipinski definition) is 1. The van der Waals surface area contributed by atoms with Gasteiger partial charge in [-0.3, -0.25) is 4.79 Å². The monoisotopic (exact) mass is 225 g/mol. The van der Waals surface area contributed by atoms with Crippen LogP contribution >= 0.6 is 0 Å². The van der Waals surface area contributed by atoms with Crippen molar-refractivity contribution in [3.05, 3.63) is 29.6 Å². The average Bonchev–Trinajstić information content (AvgIpc) is 2.28. The lowest BCUT2D eigenvalue weighted by Crippen LogP contribution is -2.29. The third kappa shape index (κ3) is 3.53. The van der Waals surface area contributed by atoms with Gasteiger partial charge in [0, 0.05) is 6.54 Å². The van der Waals surface area contributed by atoms with Crippen LogP contribution in [0.2, 0.25) is 0 Å². The Bertz CT molecular complexity index is 366. The minimum Gasteiger partial charge on any atom is -0.481 e. The zero-order chi connectivity index (χ0) is 12.0. The van der Waals surface area contributed by atoms with Gasteiger partial charge in [-0.15, -0.1) is 0 Å². The average molecular weight is 225 g/mol. The molecule has 16 heavy (non-hydrogen) atoms. The second-order valence-corrected chi connectivity index (χ2v) is 3.53. The summed E-state index contributed by atoms with van der Waals surface area (Å²) in [6, 6.07) is 4.85. The second-order valence-electron chi connectivity index (χ2n) is 3.53. The molecule has 1 aromatic carbocycles. The Hall–Kier alpha value is -1.58. The van der Waals surface area contributed by atoms with Crippen LogP contribution < -0.4 is 10.1 Å². The molecule has 0 atom stereocenters. The topological polar surface area (TPSA) is 38.3 Å². The predicted octanol–water partition coefficient (Wildman–Crippen LogP) is 2.04. The van der Waals surface area contributed by atoms with Crippen LogP contribution in [0.3, 0.4) is 0 Å². The van der Waals surface area contributed by atoms with Gasteiger partial charge in [-0.05, 0) is 25.0 Å². The van der Waals surface area contributed by atoms with Gasteiger partial charge in [-0.25, -0.2) is 4.39 Å². The van der Waals surface area contributed by atoms with Crippen LogP contribution in [-0.2, 0) is 4.79 Å². The first-order valence-corrected chi connectivity index (χ1v) is 5.29. The Balaban J connectivity index is 2.48. The summed E-state index contributed by atoms with van der Waals surface area (Å²) < 4.78 is 18.5. The van der Waals surface area contributed by atoms with Crippen molar-refractivity contribution in [2.45, 2.75) is 20.3 Å². The maximum absolute atomic E-state index is 13.4. The lowest BCUT2D eigenvalue weighted by Gasteiger charge is -2.08. The molecule has 0 aliphatic heterocycles. The van der Waals surface area contributed by atoms with Gasteiger partial charge in [-0.2, -0.15) is 0 Å². The van der Waals surface area contributed by atoms with E-state index in [4.69, 9.17) is 4.74 Å². The van der Waals surface area contributed by atoms with E-state index in [0.29, 0.717) is 12.1 Å². The van der Waals surface area contributed by atoms with Gasteiger partial charge < -0.3 is 10.1 Å². The van der Waals surface area contributed by atoms with Crippen LogP contribution in [0.1, 0.15) is 18.9 Å². The normalized spacial score (nSPS) is 9.94. The number of carbonyl (C=O) groups excluding carboxylic acids is 1. The van der Waals surface area contributed by atoms with E-state index in [0.717, 1.165) is 6.42 Å². The molecule has 0 aliphatic rings. The molecular formula is C12H16FNO2. The summed E-state index contributed by atoms with van der Waals surface area (Å²) in [5.41, 5.74) is 0.506. The Morgan fingerprint density at radius 1 is 1.50 bits per heavy atom. The first-order valence-electron chi connectivity index (χ1n) is 5.29. The van der Waals surface area contributed by atoms with E-state index in [2.05, 4.69) is 5.32 Å². The first kappa shape index (κ1) is 12.5. The molecule has 0 aliphatic carbocycles. The summed E-state index contributed by atoms with van der Waals surface area (Å²) in [4.78, 5) is 11.2. The summed E-state index contributed by atoms with van der Waals surface area (Å²) in [7, 11) is 0. The molecule has 0 spiro atoms. The fraction of sp³-hybridized carbons (Fsp3) is 0.417. The molecule has 0 bridgehead atoms.